The van der Waals surface area contributed by atoms with Crippen LogP contribution in [0.1, 0.15) is 0 Å². The quantitative estimate of drug-likeness (QED) is 0.180. The number of hydrogen-bond acceptors (Lipinski definition) is 5. The van der Waals surface area contributed by atoms with E-state index in [0.717, 1.165) is 88.9 Å². The molecule has 0 atom stereocenters. The van der Waals surface area contributed by atoms with E-state index in [1.165, 1.54) is 10.8 Å². The van der Waals surface area contributed by atoms with E-state index in [1.807, 2.05) is 43.2 Å². The number of pyridine rings is 5. The summed E-state index contributed by atoms with van der Waals surface area (Å²) in [4.78, 5) is 23.9. The molecule has 0 saturated heterocycles. The SMILES string of the molecule is c1cnc2c(-c3cc(-c4ccc(-n5c6ccccc6c6cnccc65)cc4)cc(-c4ccc(-n5c6ccccc6c6ccncc65)nc4)n3)cccc2c1. The second-order valence-corrected chi connectivity index (χ2v) is 13.4. The van der Waals surface area contributed by atoms with Crippen LogP contribution in [0.15, 0.2) is 177 Å². The molecule has 0 radical (unpaired) electrons. The van der Waals surface area contributed by atoms with Crippen molar-refractivity contribution in [1.29, 1.82) is 0 Å². The third-order valence-electron chi connectivity index (χ3n) is 10.4. The van der Waals surface area contributed by atoms with Gasteiger partial charge in [-0.25, -0.2) is 9.97 Å². The van der Waals surface area contributed by atoms with Crippen molar-refractivity contribution in [2.45, 2.75) is 0 Å². The van der Waals surface area contributed by atoms with E-state index in [2.05, 4.69) is 153 Å². The Hall–Kier alpha value is -7.51. The van der Waals surface area contributed by atoms with Gasteiger partial charge in [0.2, 0.25) is 0 Å². The molecule has 7 aromatic heterocycles. The second-order valence-electron chi connectivity index (χ2n) is 13.4. The van der Waals surface area contributed by atoms with Gasteiger partial charge in [-0.2, -0.15) is 0 Å². The highest BCUT2D eigenvalue weighted by Gasteiger charge is 2.16. The van der Waals surface area contributed by atoms with Crippen molar-refractivity contribution in [2.75, 3.05) is 0 Å². The predicted molar refractivity (Wildman–Crippen MR) is 218 cm³/mol. The lowest BCUT2D eigenvalue weighted by Gasteiger charge is -2.13. The van der Waals surface area contributed by atoms with Gasteiger partial charge < -0.3 is 4.57 Å². The molecule has 11 rings (SSSR count). The Morgan fingerprint density at radius 3 is 1.96 bits per heavy atom. The van der Waals surface area contributed by atoms with E-state index in [9.17, 15) is 0 Å². The van der Waals surface area contributed by atoms with Gasteiger partial charge in [0.15, 0.2) is 0 Å². The monoisotopic (exact) mass is 691 g/mol. The van der Waals surface area contributed by atoms with Crippen molar-refractivity contribution >= 4 is 54.5 Å². The summed E-state index contributed by atoms with van der Waals surface area (Å²) in [5.41, 5.74) is 12.1. The largest absolute Gasteiger partial charge is 0.309 e. The molecular weight excluding hydrogens is 663 g/mol. The van der Waals surface area contributed by atoms with Crippen LogP contribution >= 0.6 is 0 Å². The molecule has 7 heterocycles. The minimum absolute atomic E-state index is 0.823. The lowest BCUT2D eigenvalue weighted by Crippen LogP contribution is -1.98. The van der Waals surface area contributed by atoms with E-state index in [0.29, 0.717) is 0 Å². The Labute approximate surface area is 309 Å². The third kappa shape index (κ3) is 4.72. The maximum Gasteiger partial charge on any atom is 0.137 e. The van der Waals surface area contributed by atoms with Crippen LogP contribution in [0.3, 0.4) is 0 Å². The Balaban J connectivity index is 1.05. The van der Waals surface area contributed by atoms with Gasteiger partial charge in [0, 0.05) is 74.7 Å². The maximum atomic E-state index is 5.26. The summed E-state index contributed by atoms with van der Waals surface area (Å²) in [6.07, 6.45) is 11.3. The summed E-state index contributed by atoms with van der Waals surface area (Å²) in [7, 11) is 0. The Kier molecular flexibility index (Phi) is 6.72. The van der Waals surface area contributed by atoms with E-state index < -0.39 is 0 Å². The van der Waals surface area contributed by atoms with Gasteiger partial charge in [-0.1, -0.05) is 72.8 Å². The fraction of sp³-hybridized carbons (Fsp3) is 0. The van der Waals surface area contributed by atoms with Crippen molar-refractivity contribution in [3.8, 4) is 45.1 Å². The zero-order valence-corrected chi connectivity index (χ0v) is 28.9. The third-order valence-corrected chi connectivity index (χ3v) is 10.4. The molecule has 0 spiro atoms. The first-order valence-corrected chi connectivity index (χ1v) is 17.9. The zero-order valence-electron chi connectivity index (χ0n) is 28.9. The molecule has 0 unspecified atom stereocenters. The first-order chi connectivity index (χ1) is 26.8. The summed E-state index contributed by atoms with van der Waals surface area (Å²) >= 11 is 0. The van der Waals surface area contributed by atoms with Gasteiger partial charge in [0.25, 0.3) is 0 Å². The summed E-state index contributed by atoms with van der Waals surface area (Å²) in [5, 5.41) is 5.71. The number of hydrogen-bond donors (Lipinski definition) is 0. The van der Waals surface area contributed by atoms with Crippen molar-refractivity contribution in [2.24, 2.45) is 0 Å². The molecule has 0 aliphatic rings. The molecule has 0 fully saturated rings. The lowest BCUT2D eigenvalue weighted by atomic mass is 9.99. The van der Waals surface area contributed by atoms with Crippen LogP contribution in [0.25, 0.3) is 99.7 Å². The molecule has 0 aliphatic carbocycles. The molecule has 7 heteroatoms. The average Bonchev–Trinajstić information content (AvgIpc) is 3.77. The first-order valence-electron chi connectivity index (χ1n) is 17.9. The van der Waals surface area contributed by atoms with Gasteiger partial charge in [-0.05, 0) is 77.9 Å². The molecule has 0 aliphatic heterocycles. The minimum Gasteiger partial charge on any atom is -0.309 e. The van der Waals surface area contributed by atoms with Crippen LogP contribution in [0.4, 0.5) is 0 Å². The molecular formula is C47H29N7. The van der Waals surface area contributed by atoms with Crippen molar-refractivity contribution in [3.05, 3.63) is 177 Å². The van der Waals surface area contributed by atoms with Gasteiger partial charge in [-0.3, -0.25) is 19.5 Å². The number of nitrogens with zero attached hydrogens (tertiary/aromatic N) is 7. The summed E-state index contributed by atoms with van der Waals surface area (Å²) < 4.78 is 4.48. The van der Waals surface area contributed by atoms with Crippen molar-refractivity contribution in [1.82, 2.24) is 34.1 Å². The molecule has 0 N–H and O–H groups in total. The van der Waals surface area contributed by atoms with Crippen LogP contribution in [0.5, 0.6) is 0 Å². The highest BCUT2D eigenvalue weighted by molar-refractivity contribution is 6.09. The lowest BCUT2D eigenvalue weighted by molar-refractivity contribution is 1.07. The van der Waals surface area contributed by atoms with Crippen LogP contribution in [0.2, 0.25) is 0 Å². The standard InChI is InChI=1S/C47H29N7/c1-4-13-43-35(9-1)37-20-23-49-29-45(37)54(43)46-19-16-32(27-51-46)40-25-33(26-41(52-40)38-11-5-7-31-8-6-22-50-47(31)38)30-14-17-34(18-15-30)53-42-12-3-2-10-36(42)39-28-48-24-21-44(39)53/h1-29H. The summed E-state index contributed by atoms with van der Waals surface area (Å²) in [6.45, 7) is 0. The first kappa shape index (κ1) is 30.1. The number of fused-ring (bicyclic) bond motifs is 7. The molecule has 11 aromatic rings. The topological polar surface area (TPSA) is 74.3 Å². The van der Waals surface area contributed by atoms with E-state index in [-0.39, 0.29) is 0 Å². The van der Waals surface area contributed by atoms with Gasteiger partial charge in [0.1, 0.15) is 5.82 Å². The van der Waals surface area contributed by atoms with Gasteiger partial charge in [0.05, 0.1) is 45.2 Å². The molecule has 252 valence electrons. The van der Waals surface area contributed by atoms with Gasteiger partial charge in [-0.15, -0.1) is 0 Å². The number of rotatable bonds is 5. The molecule has 0 saturated carbocycles. The summed E-state index contributed by atoms with van der Waals surface area (Å²) in [5.74, 6) is 0.823. The fourth-order valence-electron chi connectivity index (χ4n) is 7.93. The number of aromatic nitrogens is 7. The molecule has 54 heavy (non-hydrogen) atoms. The van der Waals surface area contributed by atoms with Crippen LogP contribution < -0.4 is 0 Å². The summed E-state index contributed by atoms with van der Waals surface area (Å²) in [6, 6.07) is 48.6. The van der Waals surface area contributed by atoms with Crippen LogP contribution in [-0.2, 0) is 0 Å². The number of benzene rings is 4. The van der Waals surface area contributed by atoms with Crippen LogP contribution in [-0.4, -0.2) is 34.1 Å². The molecule has 4 aromatic carbocycles. The van der Waals surface area contributed by atoms with Gasteiger partial charge >= 0.3 is 0 Å². The number of para-hydroxylation sites is 3. The van der Waals surface area contributed by atoms with E-state index in [1.54, 1.807) is 0 Å². The van der Waals surface area contributed by atoms with Crippen LogP contribution in [0, 0.1) is 0 Å². The molecule has 0 amide bonds. The predicted octanol–water partition coefficient (Wildman–Crippen LogP) is 11.0. The highest BCUT2D eigenvalue weighted by atomic mass is 15.1. The molecule has 7 nitrogen and oxygen atoms in total. The Morgan fingerprint density at radius 2 is 1.11 bits per heavy atom. The van der Waals surface area contributed by atoms with Crippen molar-refractivity contribution < 1.29 is 0 Å². The maximum absolute atomic E-state index is 5.26. The Morgan fingerprint density at radius 1 is 0.407 bits per heavy atom. The smallest absolute Gasteiger partial charge is 0.137 e. The molecule has 0 bridgehead atoms. The van der Waals surface area contributed by atoms with Crippen molar-refractivity contribution in [3.63, 3.8) is 0 Å². The van der Waals surface area contributed by atoms with E-state index in [4.69, 9.17) is 15.0 Å². The Bertz CT molecular complexity index is 2930. The minimum atomic E-state index is 0.823. The highest BCUT2D eigenvalue weighted by Crippen LogP contribution is 2.36. The van der Waals surface area contributed by atoms with E-state index >= 15 is 0 Å². The average molecular weight is 692 g/mol. The fourth-order valence-corrected chi connectivity index (χ4v) is 7.93. The zero-order chi connectivity index (χ0) is 35.6. The normalized spacial score (nSPS) is 11.7. The second kappa shape index (κ2) is 12.0.